The van der Waals surface area contributed by atoms with Gasteiger partial charge < -0.3 is 26.4 Å². The molecule has 1 aliphatic rings. The molecule has 0 aromatic heterocycles. The van der Waals surface area contributed by atoms with Gasteiger partial charge in [0, 0.05) is 29.6 Å². The maximum absolute atomic E-state index is 13.6. The van der Waals surface area contributed by atoms with E-state index in [-0.39, 0.29) is 64.6 Å². The number of hydrogen-bond donors (Lipinski definition) is 6. The molecule has 0 heterocycles. The Morgan fingerprint density at radius 3 is 1.96 bits per heavy atom. The fourth-order valence-electron chi connectivity index (χ4n) is 5.49. The van der Waals surface area contributed by atoms with Gasteiger partial charge in [-0.1, -0.05) is 61.3 Å². The molecule has 4 atom stereocenters. The number of amides is 4. The second-order valence-corrected chi connectivity index (χ2v) is 16.1. The average molecular weight is 680 g/mol. The normalized spacial score (nSPS) is 16.4. The Hall–Kier alpha value is -3.19. The molecule has 0 bridgehead atoms. The van der Waals surface area contributed by atoms with Gasteiger partial charge in [0.05, 0.1) is 23.6 Å². The summed E-state index contributed by atoms with van der Waals surface area (Å²) in [4.78, 5) is 52.6. The Balaban J connectivity index is 2.24. The van der Waals surface area contributed by atoms with Crippen LogP contribution in [0.25, 0.3) is 0 Å². The van der Waals surface area contributed by atoms with Crippen molar-refractivity contribution in [2.24, 2.45) is 23.7 Å². The van der Waals surface area contributed by atoms with Gasteiger partial charge in [-0.2, -0.15) is 0 Å². The van der Waals surface area contributed by atoms with E-state index in [1.807, 2.05) is 41.5 Å². The van der Waals surface area contributed by atoms with Crippen LogP contribution in [0.5, 0.6) is 0 Å². The van der Waals surface area contributed by atoms with Crippen molar-refractivity contribution in [3.63, 3.8) is 0 Å². The number of anilines is 1. The first-order valence-corrected chi connectivity index (χ1v) is 18.6. The molecule has 1 aliphatic carbocycles. The Labute approximate surface area is 281 Å². The van der Waals surface area contributed by atoms with Crippen LogP contribution >= 0.6 is 0 Å². The highest BCUT2D eigenvalue weighted by Crippen LogP contribution is 2.22. The summed E-state index contributed by atoms with van der Waals surface area (Å²) in [5.74, 6) is -2.33. The molecular formula is C34H57N5O7S. The van der Waals surface area contributed by atoms with Crippen molar-refractivity contribution in [1.29, 1.82) is 0 Å². The number of aliphatic hydroxyl groups excluding tert-OH is 1. The molecule has 1 saturated carbocycles. The van der Waals surface area contributed by atoms with Crippen molar-refractivity contribution in [2.75, 3.05) is 17.0 Å². The fourth-order valence-corrected chi connectivity index (χ4v) is 6.11. The van der Waals surface area contributed by atoms with E-state index in [1.165, 1.54) is 25.1 Å². The number of rotatable bonds is 18. The third-order valence-electron chi connectivity index (χ3n) is 8.28. The first-order valence-electron chi connectivity index (χ1n) is 17.0. The van der Waals surface area contributed by atoms with Gasteiger partial charge in [-0.3, -0.25) is 23.9 Å². The summed E-state index contributed by atoms with van der Waals surface area (Å²) < 4.78 is 27.1. The van der Waals surface area contributed by atoms with Gasteiger partial charge in [-0.25, -0.2) is 8.42 Å². The highest BCUT2D eigenvalue weighted by Gasteiger charge is 2.30. The van der Waals surface area contributed by atoms with Crippen LogP contribution in [0.3, 0.4) is 0 Å². The number of nitrogens with one attached hydrogen (secondary N) is 5. The van der Waals surface area contributed by atoms with Crippen LogP contribution in [0.2, 0.25) is 0 Å². The molecule has 0 aliphatic heterocycles. The predicted molar refractivity (Wildman–Crippen MR) is 184 cm³/mol. The zero-order chi connectivity index (χ0) is 35.5. The largest absolute Gasteiger partial charge is 0.391 e. The molecule has 13 heteroatoms. The highest BCUT2D eigenvalue weighted by atomic mass is 32.2. The van der Waals surface area contributed by atoms with Crippen LogP contribution in [0.15, 0.2) is 18.2 Å². The summed E-state index contributed by atoms with van der Waals surface area (Å²) in [5.41, 5.74) is 0.276. The third kappa shape index (κ3) is 13.4. The molecular weight excluding hydrogens is 622 g/mol. The Bertz CT molecular complexity index is 1330. The lowest BCUT2D eigenvalue weighted by Crippen LogP contribution is -2.52. The molecule has 1 fully saturated rings. The molecule has 0 radical (unpaired) electrons. The van der Waals surface area contributed by atoms with E-state index < -0.39 is 45.9 Å². The summed E-state index contributed by atoms with van der Waals surface area (Å²) in [7, 11) is -3.70. The van der Waals surface area contributed by atoms with Crippen LogP contribution in [0, 0.1) is 23.7 Å². The minimum absolute atomic E-state index is 0.0192. The molecule has 0 spiro atoms. The van der Waals surface area contributed by atoms with E-state index in [9.17, 15) is 32.7 Å². The van der Waals surface area contributed by atoms with Crippen molar-refractivity contribution in [1.82, 2.24) is 21.3 Å². The summed E-state index contributed by atoms with van der Waals surface area (Å²) in [6, 6.07) is 2.71. The number of carbonyl (C=O) groups excluding carboxylic acids is 4. The van der Waals surface area contributed by atoms with Crippen LogP contribution in [0.1, 0.15) is 115 Å². The maximum atomic E-state index is 13.6. The Morgan fingerprint density at radius 1 is 0.830 bits per heavy atom. The molecule has 0 saturated heterocycles. The molecule has 266 valence electrons. The van der Waals surface area contributed by atoms with Crippen molar-refractivity contribution < 1.29 is 32.7 Å². The van der Waals surface area contributed by atoms with Gasteiger partial charge in [-0.15, -0.1) is 0 Å². The van der Waals surface area contributed by atoms with E-state index in [0.717, 1.165) is 25.7 Å². The fraction of sp³-hybridized carbons (Fsp3) is 0.706. The minimum atomic E-state index is -3.70. The van der Waals surface area contributed by atoms with Gasteiger partial charge in [0.15, 0.2) is 0 Å². The standard InChI is InChI=1S/C34H57N5O7S/c1-9-47(45,46)39-27-17-24(32(42)36-26-12-10-11-13-26)16-25(18-27)33(43)37-28(14-20(2)3)29(40)15-23(8)31(41)38-30(22(6)7)34(44)35-19-21(4)5/h16-18,20-23,26,28-30,39-40H,9-15,19H2,1-8H3,(H,35,44)(H,36,42)(H,37,43)(H,38,41). The zero-order valence-corrected chi connectivity index (χ0v) is 30.1. The molecule has 1 aromatic carbocycles. The lowest BCUT2D eigenvalue weighted by Gasteiger charge is -2.29. The zero-order valence-electron chi connectivity index (χ0n) is 29.3. The molecule has 47 heavy (non-hydrogen) atoms. The second-order valence-electron chi connectivity index (χ2n) is 14.0. The Kier molecular flexibility index (Phi) is 15.6. The number of carbonyl (C=O) groups is 4. The summed E-state index contributed by atoms with van der Waals surface area (Å²) >= 11 is 0. The molecule has 1 aromatic rings. The van der Waals surface area contributed by atoms with Crippen molar-refractivity contribution >= 4 is 39.3 Å². The molecule has 2 rings (SSSR count). The van der Waals surface area contributed by atoms with Crippen LogP contribution < -0.4 is 26.0 Å². The SMILES string of the molecule is CCS(=O)(=O)Nc1cc(C(=O)NC2CCCC2)cc(C(=O)NC(CC(C)C)C(O)CC(C)C(=O)NC(C(=O)NCC(C)C)C(C)C)c1. The first kappa shape index (κ1) is 40.0. The van der Waals surface area contributed by atoms with Crippen LogP contribution in [-0.2, 0) is 19.6 Å². The molecule has 12 nitrogen and oxygen atoms in total. The lowest BCUT2D eigenvalue weighted by atomic mass is 9.91. The molecule has 4 unspecified atom stereocenters. The maximum Gasteiger partial charge on any atom is 0.251 e. The molecule has 6 N–H and O–H groups in total. The van der Waals surface area contributed by atoms with E-state index in [4.69, 9.17) is 0 Å². The number of sulfonamides is 1. The summed E-state index contributed by atoms with van der Waals surface area (Å²) in [6.07, 6.45) is 3.05. The van der Waals surface area contributed by atoms with E-state index in [0.29, 0.717) is 13.0 Å². The van der Waals surface area contributed by atoms with Crippen molar-refractivity contribution in [2.45, 2.75) is 118 Å². The van der Waals surface area contributed by atoms with E-state index >= 15 is 0 Å². The topological polar surface area (TPSA) is 183 Å². The molecule has 4 amide bonds. The highest BCUT2D eigenvalue weighted by molar-refractivity contribution is 7.92. The van der Waals surface area contributed by atoms with Gasteiger partial charge >= 0.3 is 0 Å². The number of hydrogen-bond acceptors (Lipinski definition) is 7. The number of aliphatic hydroxyl groups is 1. The van der Waals surface area contributed by atoms with Gasteiger partial charge in [0.1, 0.15) is 6.04 Å². The van der Waals surface area contributed by atoms with E-state index in [1.54, 1.807) is 6.92 Å². The van der Waals surface area contributed by atoms with Gasteiger partial charge in [0.25, 0.3) is 11.8 Å². The van der Waals surface area contributed by atoms with Gasteiger partial charge in [-0.05, 0) is 68.6 Å². The van der Waals surface area contributed by atoms with Gasteiger partial charge in [0.2, 0.25) is 21.8 Å². The Morgan fingerprint density at radius 2 is 1.43 bits per heavy atom. The van der Waals surface area contributed by atoms with Crippen LogP contribution in [0.4, 0.5) is 5.69 Å². The monoisotopic (exact) mass is 679 g/mol. The first-order chi connectivity index (χ1) is 21.9. The van der Waals surface area contributed by atoms with Crippen molar-refractivity contribution in [3.8, 4) is 0 Å². The minimum Gasteiger partial charge on any atom is -0.391 e. The quantitative estimate of drug-likeness (QED) is 0.137. The average Bonchev–Trinajstić information content (AvgIpc) is 3.50. The smallest absolute Gasteiger partial charge is 0.251 e. The third-order valence-corrected chi connectivity index (χ3v) is 9.59. The van der Waals surface area contributed by atoms with Crippen LogP contribution in [-0.4, -0.2) is 73.7 Å². The second kappa shape index (κ2) is 18.4. The summed E-state index contributed by atoms with van der Waals surface area (Å²) in [5, 5.41) is 22.8. The lowest BCUT2D eigenvalue weighted by molar-refractivity contribution is -0.132. The predicted octanol–water partition coefficient (Wildman–Crippen LogP) is 3.57. The van der Waals surface area contributed by atoms with E-state index in [2.05, 4.69) is 26.0 Å². The number of benzene rings is 1. The van der Waals surface area contributed by atoms with Crippen molar-refractivity contribution in [3.05, 3.63) is 29.3 Å². The summed E-state index contributed by atoms with van der Waals surface area (Å²) in [6.45, 7) is 15.2.